The van der Waals surface area contributed by atoms with Crippen LogP contribution in [0.15, 0.2) is 0 Å². The van der Waals surface area contributed by atoms with Crippen molar-refractivity contribution in [1.29, 1.82) is 0 Å². The van der Waals surface area contributed by atoms with Gasteiger partial charge in [0, 0.05) is 12.3 Å². The molecule has 4 saturated carbocycles. The monoisotopic (exact) mass is 348 g/mol. The third-order valence-electron chi connectivity index (χ3n) is 9.29. The van der Waals surface area contributed by atoms with Crippen LogP contribution >= 0.6 is 0 Å². The van der Waals surface area contributed by atoms with Gasteiger partial charge < -0.3 is 9.84 Å². The van der Waals surface area contributed by atoms with Crippen LogP contribution < -0.4 is 0 Å². The van der Waals surface area contributed by atoms with Gasteiger partial charge >= 0.3 is 5.97 Å². The molecule has 4 fully saturated rings. The Labute approximate surface area is 152 Å². The smallest absolute Gasteiger partial charge is 0.302 e. The molecule has 0 saturated heterocycles. The lowest BCUT2D eigenvalue weighted by molar-refractivity contribution is -0.197. The van der Waals surface area contributed by atoms with E-state index >= 15 is 0 Å². The molecule has 25 heavy (non-hydrogen) atoms. The highest BCUT2D eigenvalue weighted by Gasteiger charge is 2.67. The maximum atomic E-state index is 11.6. The zero-order chi connectivity index (χ0) is 18.3. The second kappa shape index (κ2) is 5.24. The minimum absolute atomic E-state index is 0.0399. The van der Waals surface area contributed by atoms with Crippen molar-refractivity contribution in [3.8, 4) is 0 Å². The first kappa shape index (κ1) is 17.8. The molecule has 2 bridgehead atoms. The van der Waals surface area contributed by atoms with Crippen LogP contribution in [0.3, 0.4) is 0 Å². The molecule has 0 unspecified atom stereocenters. The van der Waals surface area contributed by atoms with E-state index in [2.05, 4.69) is 27.7 Å². The van der Waals surface area contributed by atoms with Crippen LogP contribution in [0.25, 0.3) is 0 Å². The van der Waals surface area contributed by atoms with Crippen molar-refractivity contribution in [3.05, 3.63) is 0 Å². The molecule has 142 valence electrons. The van der Waals surface area contributed by atoms with Gasteiger partial charge in [0.15, 0.2) is 0 Å². The second-order valence-electron chi connectivity index (χ2n) is 11.0. The van der Waals surface area contributed by atoms with Gasteiger partial charge in [-0.05, 0) is 86.9 Å². The SMILES string of the molecule is CC(=O)O[C@H]1CC[C@]2(C)[C@H](CC[C@@]34C[C@@H](CC[C@H]32)[C@](C)(O)C4)C1(C)C. The second-order valence-corrected chi connectivity index (χ2v) is 11.0. The highest BCUT2D eigenvalue weighted by Crippen LogP contribution is 2.72. The highest BCUT2D eigenvalue weighted by molar-refractivity contribution is 5.66. The molecule has 1 spiro atoms. The number of esters is 1. The Hall–Kier alpha value is -0.570. The maximum Gasteiger partial charge on any atom is 0.302 e. The Morgan fingerprint density at radius 2 is 1.72 bits per heavy atom. The van der Waals surface area contributed by atoms with Crippen molar-refractivity contribution < 1.29 is 14.6 Å². The quantitative estimate of drug-likeness (QED) is 0.698. The van der Waals surface area contributed by atoms with E-state index in [1.807, 2.05) is 0 Å². The number of fused-ring (bicyclic) bond motifs is 3. The van der Waals surface area contributed by atoms with Crippen molar-refractivity contribution in [1.82, 2.24) is 0 Å². The number of hydrogen-bond acceptors (Lipinski definition) is 3. The van der Waals surface area contributed by atoms with Gasteiger partial charge in [-0.25, -0.2) is 0 Å². The first-order chi connectivity index (χ1) is 11.5. The lowest BCUT2D eigenvalue weighted by atomic mass is 9.41. The first-order valence-corrected chi connectivity index (χ1v) is 10.4. The summed E-state index contributed by atoms with van der Waals surface area (Å²) < 4.78 is 5.75. The van der Waals surface area contributed by atoms with E-state index in [0.29, 0.717) is 22.7 Å². The Balaban J connectivity index is 1.66. The van der Waals surface area contributed by atoms with Crippen LogP contribution in [0.5, 0.6) is 0 Å². The minimum atomic E-state index is -0.456. The predicted molar refractivity (Wildman–Crippen MR) is 97.9 cm³/mol. The van der Waals surface area contributed by atoms with Gasteiger partial charge in [-0.15, -0.1) is 0 Å². The van der Waals surface area contributed by atoms with Crippen LogP contribution in [0, 0.1) is 34.0 Å². The van der Waals surface area contributed by atoms with Gasteiger partial charge in [-0.2, -0.15) is 0 Å². The standard InChI is InChI=1S/C22H36O3/c1-14(23)25-18-9-10-20(4)16(19(18,2)3)8-11-22-12-15(6-7-17(20)22)21(5,24)13-22/h15-18,24H,6-13H2,1-5H3/t15-,16-,17+,18+,20-,21-,22+/m1/s1. The summed E-state index contributed by atoms with van der Waals surface area (Å²) in [5, 5.41) is 11.0. The summed E-state index contributed by atoms with van der Waals surface area (Å²) in [4.78, 5) is 11.6. The van der Waals surface area contributed by atoms with Gasteiger partial charge in [-0.3, -0.25) is 4.79 Å². The molecular weight excluding hydrogens is 312 g/mol. The summed E-state index contributed by atoms with van der Waals surface area (Å²) in [5.41, 5.74) is 0.270. The first-order valence-electron chi connectivity index (χ1n) is 10.4. The molecule has 3 nitrogen and oxygen atoms in total. The molecule has 0 heterocycles. The number of carbonyl (C=O) groups is 1. The van der Waals surface area contributed by atoms with Crippen LogP contribution in [0.4, 0.5) is 0 Å². The van der Waals surface area contributed by atoms with E-state index < -0.39 is 5.60 Å². The molecule has 0 aromatic carbocycles. The number of aliphatic hydroxyl groups is 1. The number of carbonyl (C=O) groups excluding carboxylic acids is 1. The molecule has 0 radical (unpaired) electrons. The van der Waals surface area contributed by atoms with Crippen molar-refractivity contribution in [2.24, 2.45) is 34.0 Å². The summed E-state index contributed by atoms with van der Waals surface area (Å²) >= 11 is 0. The van der Waals surface area contributed by atoms with Crippen molar-refractivity contribution >= 4 is 5.97 Å². The van der Waals surface area contributed by atoms with Crippen LogP contribution in [0.2, 0.25) is 0 Å². The number of hydrogen-bond donors (Lipinski definition) is 1. The fourth-order valence-electron chi connectivity index (χ4n) is 8.41. The van der Waals surface area contributed by atoms with Gasteiger partial charge in [-0.1, -0.05) is 20.8 Å². The minimum Gasteiger partial charge on any atom is -0.462 e. The zero-order valence-corrected chi connectivity index (χ0v) is 16.7. The van der Waals surface area contributed by atoms with E-state index in [0.717, 1.165) is 25.2 Å². The summed E-state index contributed by atoms with van der Waals surface area (Å²) in [6.45, 7) is 10.8. The molecule has 7 atom stereocenters. The Morgan fingerprint density at radius 3 is 2.40 bits per heavy atom. The van der Waals surface area contributed by atoms with Crippen LogP contribution in [-0.4, -0.2) is 22.8 Å². The Bertz CT molecular complexity index is 580. The highest BCUT2D eigenvalue weighted by atomic mass is 16.5. The van der Waals surface area contributed by atoms with Crippen molar-refractivity contribution in [3.63, 3.8) is 0 Å². The Morgan fingerprint density at radius 1 is 1.00 bits per heavy atom. The molecule has 0 aliphatic heterocycles. The molecule has 4 rings (SSSR count). The van der Waals surface area contributed by atoms with Crippen molar-refractivity contribution in [2.45, 2.75) is 97.7 Å². The molecule has 4 aliphatic carbocycles. The molecule has 4 aliphatic rings. The number of ether oxygens (including phenoxy) is 1. The predicted octanol–water partition coefficient (Wildman–Crippen LogP) is 4.71. The summed E-state index contributed by atoms with van der Waals surface area (Å²) in [5.74, 6) is 1.70. The summed E-state index contributed by atoms with van der Waals surface area (Å²) in [6, 6.07) is 0. The third-order valence-corrected chi connectivity index (χ3v) is 9.29. The molecule has 0 aromatic rings. The van der Waals surface area contributed by atoms with Gasteiger partial charge in [0.1, 0.15) is 6.10 Å². The fraction of sp³-hybridized carbons (Fsp3) is 0.955. The molecule has 1 N–H and O–H groups in total. The Kier molecular flexibility index (Phi) is 3.74. The van der Waals surface area contributed by atoms with E-state index in [9.17, 15) is 9.90 Å². The normalized spacial score (nSPS) is 53.7. The lowest BCUT2D eigenvalue weighted by Crippen LogP contribution is -2.59. The molecular formula is C22H36O3. The average molecular weight is 349 g/mol. The van der Waals surface area contributed by atoms with Crippen LogP contribution in [-0.2, 0) is 9.53 Å². The maximum absolute atomic E-state index is 11.6. The van der Waals surface area contributed by atoms with E-state index in [1.165, 1.54) is 32.1 Å². The average Bonchev–Trinajstić information content (AvgIpc) is 2.67. The topological polar surface area (TPSA) is 46.5 Å². The van der Waals surface area contributed by atoms with Gasteiger partial charge in [0.25, 0.3) is 0 Å². The van der Waals surface area contributed by atoms with Crippen LogP contribution in [0.1, 0.15) is 86.0 Å². The van der Waals surface area contributed by atoms with E-state index in [-0.39, 0.29) is 17.5 Å². The van der Waals surface area contributed by atoms with Gasteiger partial charge in [0.05, 0.1) is 5.60 Å². The molecule has 0 aromatic heterocycles. The summed E-state index contributed by atoms with van der Waals surface area (Å²) in [7, 11) is 0. The molecule has 3 heteroatoms. The third kappa shape index (κ3) is 2.37. The fourth-order valence-corrected chi connectivity index (χ4v) is 8.41. The van der Waals surface area contributed by atoms with Gasteiger partial charge in [0.2, 0.25) is 0 Å². The summed E-state index contributed by atoms with van der Waals surface area (Å²) in [6.07, 6.45) is 9.40. The zero-order valence-electron chi connectivity index (χ0n) is 16.7. The largest absolute Gasteiger partial charge is 0.462 e. The van der Waals surface area contributed by atoms with E-state index in [4.69, 9.17) is 4.74 Å². The van der Waals surface area contributed by atoms with Crippen molar-refractivity contribution in [2.75, 3.05) is 0 Å². The molecule has 0 amide bonds. The number of rotatable bonds is 1. The van der Waals surface area contributed by atoms with E-state index in [1.54, 1.807) is 6.92 Å². The lowest BCUT2D eigenvalue weighted by Gasteiger charge is -2.65.